The molecule has 65 heavy (non-hydrogen) atoms. The molecule has 23 heteroatoms. The molecule has 0 unspecified atom stereocenters. The van der Waals surface area contributed by atoms with Crippen LogP contribution in [0.15, 0.2) is 12.1 Å². The third-order valence-corrected chi connectivity index (χ3v) is 8.06. The fraction of sp³-hybridized carbons (Fsp3) is 0.667. The van der Waals surface area contributed by atoms with Gasteiger partial charge in [0.15, 0.2) is 23.1 Å². The zero-order chi connectivity index (χ0) is 47.3. The van der Waals surface area contributed by atoms with Crippen LogP contribution in [-0.4, -0.2) is 184 Å². The summed E-state index contributed by atoms with van der Waals surface area (Å²) in [4.78, 5) is 23.6. The first kappa shape index (κ1) is 57.6. The molecular weight excluding hydrogens is 890 g/mol. The minimum Gasteiger partial charge on any atom is -0.421 e. The Morgan fingerprint density at radius 3 is 0.708 bits per heavy atom. The van der Waals surface area contributed by atoms with Gasteiger partial charge in [0.1, 0.15) is 24.8 Å². The molecule has 17 nitrogen and oxygen atoms in total. The highest BCUT2D eigenvalue weighted by atomic mass is 19.2. The summed E-state index contributed by atoms with van der Waals surface area (Å²) >= 11 is 0. The topological polar surface area (TPSA) is 173 Å². The number of hydrogen-bond donors (Lipinski definition) is 0. The van der Waals surface area contributed by atoms with Crippen molar-refractivity contribution in [1.29, 1.82) is 0 Å². The first-order chi connectivity index (χ1) is 31.5. The summed E-state index contributed by atoms with van der Waals surface area (Å²) in [5.41, 5.74) is -0.661. The maximum absolute atomic E-state index is 13.8. The van der Waals surface area contributed by atoms with Crippen LogP contribution < -0.4 is 9.47 Å². The smallest absolute Gasteiger partial charge is 0.337 e. The van der Waals surface area contributed by atoms with Gasteiger partial charge in [-0.3, -0.25) is 0 Å². The summed E-state index contributed by atoms with van der Waals surface area (Å²) in [5, 5.41) is 0. The van der Waals surface area contributed by atoms with Crippen molar-refractivity contribution in [3.05, 3.63) is 58.2 Å². The van der Waals surface area contributed by atoms with E-state index in [1.165, 1.54) is 0 Å². The Labute approximate surface area is 373 Å². The minimum atomic E-state index is -1.46. The third kappa shape index (κ3) is 27.6. The van der Waals surface area contributed by atoms with Gasteiger partial charge in [0.25, 0.3) is 0 Å². The average molecular weight is 951 g/mol. The van der Waals surface area contributed by atoms with Crippen molar-refractivity contribution < 1.29 is 107 Å². The molecule has 0 saturated heterocycles. The lowest BCUT2D eigenvalue weighted by atomic mass is 10.2. The molecule has 0 fully saturated rings. The van der Waals surface area contributed by atoms with E-state index in [9.17, 15) is 35.9 Å². The van der Waals surface area contributed by atoms with Gasteiger partial charge in [-0.1, -0.05) is 0 Å². The molecule has 0 spiro atoms. The summed E-state index contributed by atoms with van der Waals surface area (Å²) in [6.07, 6.45) is 0. The molecule has 0 heterocycles. The second-order valence-corrected chi connectivity index (χ2v) is 13.0. The van der Waals surface area contributed by atoms with Crippen LogP contribution in [0.1, 0.15) is 11.1 Å². The van der Waals surface area contributed by atoms with Crippen LogP contribution in [0, 0.1) is 48.8 Å². The molecule has 0 aliphatic carbocycles. The van der Waals surface area contributed by atoms with Gasteiger partial charge < -0.3 is 71.1 Å². The highest BCUT2D eigenvalue weighted by Crippen LogP contribution is 2.28. The lowest BCUT2D eigenvalue weighted by molar-refractivity contribution is -0.141. The van der Waals surface area contributed by atoms with Crippen LogP contribution in [-0.2, 0) is 71.2 Å². The number of carbonyl (C=O) groups excluding carboxylic acids is 2. The largest absolute Gasteiger partial charge is 0.421 e. The fourth-order valence-electron chi connectivity index (χ4n) is 4.71. The third-order valence-electron chi connectivity index (χ3n) is 8.06. The maximum Gasteiger partial charge on any atom is 0.337 e. The summed E-state index contributed by atoms with van der Waals surface area (Å²) in [7, 11) is 0. The maximum atomic E-state index is 13.8. The Morgan fingerprint density at radius 1 is 0.323 bits per heavy atom. The Kier molecular flexibility index (Phi) is 33.2. The van der Waals surface area contributed by atoms with E-state index in [1.807, 2.05) is 0 Å². The van der Waals surface area contributed by atoms with E-state index < -0.39 is 71.6 Å². The zero-order valence-corrected chi connectivity index (χ0v) is 36.7. The van der Waals surface area contributed by atoms with Gasteiger partial charge in [-0.2, -0.15) is 8.78 Å². The summed E-state index contributed by atoms with van der Waals surface area (Å²) in [6.45, 7) is 9.12. The normalized spacial score (nSPS) is 11.4. The predicted octanol–water partition coefficient (Wildman–Crippen LogP) is 3.86. The fourth-order valence-corrected chi connectivity index (χ4v) is 4.71. The Hall–Kier alpha value is -3.56. The Balaban J connectivity index is 1.19. The molecule has 0 amide bonds. The number of carbonyl (C=O) groups is 2. The van der Waals surface area contributed by atoms with Crippen LogP contribution in [0.3, 0.4) is 0 Å². The van der Waals surface area contributed by atoms with Crippen molar-refractivity contribution in [1.82, 2.24) is 0 Å². The first-order valence-electron chi connectivity index (χ1n) is 20.7. The van der Waals surface area contributed by atoms with Gasteiger partial charge in [0, 0.05) is 23.3 Å². The Bertz CT molecular complexity index is 1430. The molecule has 0 aliphatic heterocycles. The van der Waals surface area contributed by atoms with E-state index in [4.69, 9.17) is 61.6 Å². The van der Waals surface area contributed by atoms with E-state index in [2.05, 4.69) is 9.47 Å². The summed E-state index contributed by atoms with van der Waals surface area (Å²) in [5.74, 6) is -11.6. The summed E-state index contributed by atoms with van der Waals surface area (Å²) < 4.78 is 160. The van der Waals surface area contributed by atoms with E-state index in [0.29, 0.717) is 131 Å². The number of rotatable bonds is 42. The van der Waals surface area contributed by atoms with Gasteiger partial charge in [-0.25, -0.2) is 27.2 Å². The average Bonchev–Trinajstić information content (AvgIpc) is 3.28. The second-order valence-electron chi connectivity index (χ2n) is 13.0. The van der Waals surface area contributed by atoms with Crippen LogP contribution >= 0.6 is 0 Å². The zero-order valence-electron chi connectivity index (χ0n) is 36.7. The molecule has 0 atom stereocenters. The Morgan fingerprint density at radius 2 is 0.508 bits per heavy atom. The SMILES string of the molecule is Cc1c(F)cc(F)c(F)c1OC(=O)COCCOCCOCCOCCOCCOCCOCCOCCOCCOCCOCCOCCOCC(=O)Oc1c(C)c(F)cc(F)c1F. The first-order valence-corrected chi connectivity index (χ1v) is 20.7. The molecule has 2 rings (SSSR count). The monoisotopic (exact) mass is 950 g/mol. The molecule has 372 valence electrons. The van der Waals surface area contributed by atoms with E-state index >= 15 is 0 Å². The van der Waals surface area contributed by atoms with E-state index in [1.54, 1.807) is 0 Å². The molecule has 0 radical (unpaired) electrons. The molecule has 0 saturated carbocycles. The van der Waals surface area contributed by atoms with Crippen molar-refractivity contribution in [2.24, 2.45) is 0 Å². The van der Waals surface area contributed by atoms with Crippen LogP contribution in [0.5, 0.6) is 11.5 Å². The molecule has 0 aliphatic rings. The van der Waals surface area contributed by atoms with Gasteiger partial charge in [-0.05, 0) is 13.8 Å². The summed E-state index contributed by atoms with van der Waals surface area (Å²) in [6, 6.07) is 0.742. The second kappa shape index (κ2) is 37.5. The number of halogens is 6. The van der Waals surface area contributed by atoms with E-state index in [0.717, 1.165) is 13.8 Å². The van der Waals surface area contributed by atoms with Crippen LogP contribution in [0.25, 0.3) is 0 Å². The highest BCUT2D eigenvalue weighted by Gasteiger charge is 2.21. The molecule has 0 bridgehead atoms. The van der Waals surface area contributed by atoms with Gasteiger partial charge in [0.05, 0.1) is 159 Å². The van der Waals surface area contributed by atoms with Crippen molar-refractivity contribution in [3.63, 3.8) is 0 Å². The minimum absolute atomic E-state index is 0.0323. The van der Waals surface area contributed by atoms with Gasteiger partial charge >= 0.3 is 11.9 Å². The van der Waals surface area contributed by atoms with Crippen molar-refractivity contribution in [2.45, 2.75) is 13.8 Å². The van der Waals surface area contributed by atoms with Crippen LogP contribution in [0.2, 0.25) is 0 Å². The lowest BCUT2D eigenvalue weighted by Crippen LogP contribution is -2.19. The van der Waals surface area contributed by atoms with Crippen molar-refractivity contribution in [2.75, 3.05) is 172 Å². The molecular formula is C42H60F6O17. The van der Waals surface area contributed by atoms with Crippen molar-refractivity contribution >= 4 is 11.9 Å². The van der Waals surface area contributed by atoms with Gasteiger partial charge in [-0.15, -0.1) is 0 Å². The van der Waals surface area contributed by atoms with Crippen molar-refractivity contribution in [3.8, 4) is 11.5 Å². The van der Waals surface area contributed by atoms with Gasteiger partial charge in [0.2, 0.25) is 11.6 Å². The number of esters is 2. The molecule has 0 aromatic heterocycles. The predicted molar refractivity (Wildman–Crippen MR) is 214 cm³/mol. The quantitative estimate of drug-likeness (QED) is 0.0309. The lowest BCUT2D eigenvalue weighted by Gasteiger charge is -2.10. The number of hydrogen-bond acceptors (Lipinski definition) is 17. The molecule has 0 N–H and O–H groups in total. The standard InChI is InChI=1S/C42H60F6O17/c1-31-33(43)27-35(45)39(47)41(31)64-37(49)29-62-25-23-60-21-19-58-17-15-56-13-11-54-9-7-52-5-3-51-4-6-53-8-10-55-12-14-57-16-18-59-20-22-61-24-26-63-30-38(50)65-42-32(2)34(44)28-36(46)40(42)48/h27-28H,3-26,29-30H2,1-2H3. The molecule has 2 aromatic rings. The number of ether oxygens (including phenoxy) is 15. The highest BCUT2D eigenvalue weighted by molar-refractivity contribution is 5.74. The van der Waals surface area contributed by atoms with E-state index in [-0.39, 0.29) is 50.8 Å². The van der Waals surface area contributed by atoms with Crippen LogP contribution in [0.4, 0.5) is 26.3 Å². The molecule has 2 aromatic carbocycles. The number of benzene rings is 2.